The lowest BCUT2D eigenvalue weighted by Crippen LogP contribution is -2.14. The van der Waals surface area contributed by atoms with Gasteiger partial charge in [-0.2, -0.15) is 0 Å². The third-order valence-electron chi connectivity index (χ3n) is 5.95. The number of esters is 2. The van der Waals surface area contributed by atoms with E-state index in [0.717, 1.165) is 22.2 Å². The van der Waals surface area contributed by atoms with Crippen LogP contribution in [0.5, 0.6) is 11.5 Å². The van der Waals surface area contributed by atoms with Gasteiger partial charge in [-0.25, -0.2) is 0 Å². The molecule has 0 radical (unpaired) electrons. The molecule has 1 saturated carbocycles. The van der Waals surface area contributed by atoms with Crippen LogP contribution >= 0.6 is 54.5 Å². The van der Waals surface area contributed by atoms with Gasteiger partial charge >= 0.3 is 11.9 Å². The first-order chi connectivity index (χ1) is 19.3. The number of halogens is 2. The van der Waals surface area contributed by atoms with Crippen LogP contribution in [0.4, 0.5) is 5.00 Å². The molecular weight excluding hydrogens is 702 g/mol. The molecule has 0 atom stereocenters. The van der Waals surface area contributed by atoms with Crippen molar-refractivity contribution in [1.82, 2.24) is 0 Å². The number of primary amides is 2. The highest BCUT2D eigenvalue weighted by molar-refractivity contribution is 9.11. The zero-order valence-corrected chi connectivity index (χ0v) is 26.5. The fraction of sp³-hybridized carbons (Fsp3) is 0.222. The van der Waals surface area contributed by atoms with Crippen molar-refractivity contribution in [2.75, 3.05) is 5.73 Å². The number of thiophene rings is 2. The van der Waals surface area contributed by atoms with Crippen LogP contribution in [0.25, 0.3) is 20.2 Å². The molecule has 2 heterocycles. The van der Waals surface area contributed by atoms with Crippen LogP contribution < -0.4 is 26.7 Å². The molecule has 2 aromatic carbocycles. The quantitative estimate of drug-likeness (QED) is 0.165. The minimum Gasteiger partial charge on any atom is -0.425 e. The van der Waals surface area contributed by atoms with Crippen molar-refractivity contribution in [3.63, 3.8) is 0 Å². The molecule has 14 heteroatoms. The average molecular weight is 725 g/mol. The number of ether oxygens (including phenoxy) is 2. The highest BCUT2D eigenvalue weighted by Gasteiger charge is 2.31. The lowest BCUT2D eigenvalue weighted by Gasteiger charge is -2.04. The number of ketones is 1. The highest BCUT2D eigenvalue weighted by Crippen LogP contribution is 2.41. The normalized spacial score (nSPS) is 12.5. The van der Waals surface area contributed by atoms with Gasteiger partial charge < -0.3 is 26.7 Å². The van der Waals surface area contributed by atoms with E-state index in [1.807, 2.05) is 0 Å². The molecule has 1 fully saturated rings. The molecule has 2 aromatic heterocycles. The summed E-state index contributed by atoms with van der Waals surface area (Å²) in [6, 6.07) is 6.70. The number of rotatable bonds is 7. The fourth-order valence-electron chi connectivity index (χ4n) is 4.09. The van der Waals surface area contributed by atoms with E-state index in [9.17, 15) is 24.0 Å². The van der Waals surface area contributed by atoms with Gasteiger partial charge in [-0.15, -0.1) is 22.7 Å². The minimum atomic E-state index is -0.578. The number of hydrogen-bond donors (Lipinski definition) is 3. The van der Waals surface area contributed by atoms with E-state index in [4.69, 9.17) is 26.7 Å². The highest BCUT2D eigenvalue weighted by atomic mass is 79.9. The topological polar surface area (TPSA) is 182 Å². The zero-order valence-electron chi connectivity index (χ0n) is 21.7. The lowest BCUT2D eigenvalue weighted by molar-refractivity contribution is -0.132. The molecule has 0 aliphatic heterocycles. The number of amides is 2. The van der Waals surface area contributed by atoms with E-state index in [1.165, 1.54) is 36.5 Å². The number of fused-ring (bicyclic) bond motifs is 2. The van der Waals surface area contributed by atoms with Crippen LogP contribution in [-0.4, -0.2) is 29.5 Å². The molecule has 0 saturated heterocycles. The first-order valence-corrected chi connectivity index (χ1v) is 15.2. The predicted molar refractivity (Wildman–Crippen MR) is 165 cm³/mol. The number of carbonyl (C=O) groups is 5. The maximum absolute atomic E-state index is 12.1. The summed E-state index contributed by atoms with van der Waals surface area (Å²) >= 11 is 9.17. The monoisotopic (exact) mass is 723 g/mol. The second-order valence-corrected chi connectivity index (χ2v) is 13.1. The molecule has 4 aromatic rings. The number of carbonyl (C=O) groups excluding carboxylic acids is 5. The number of hydrogen-bond acceptors (Lipinski definition) is 10. The van der Waals surface area contributed by atoms with E-state index in [0.29, 0.717) is 52.2 Å². The molecule has 6 N–H and O–H groups in total. The van der Waals surface area contributed by atoms with Crippen molar-refractivity contribution in [1.29, 1.82) is 0 Å². The van der Waals surface area contributed by atoms with E-state index in [2.05, 4.69) is 31.9 Å². The van der Waals surface area contributed by atoms with Gasteiger partial charge in [-0.3, -0.25) is 24.0 Å². The summed E-state index contributed by atoms with van der Waals surface area (Å²) in [6.45, 7) is 2.63. The Bertz CT molecular complexity index is 1760. The summed E-state index contributed by atoms with van der Waals surface area (Å²) in [5.74, 6) is -0.944. The SMILES string of the molecule is CC(=O)Oc1cc2sc(CC(=O)C3CC3)c(C(N)=O)c2cc1Br.CC(=O)Oc1cc2sc(N)c(C(N)=O)c2cc1Br. The van der Waals surface area contributed by atoms with Crippen LogP contribution in [0.3, 0.4) is 0 Å². The van der Waals surface area contributed by atoms with Gasteiger partial charge in [0.05, 0.1) is 25.1 Å². The van der Waals surface area contributed by atoms with Gasteiger partial charge in [-0.1, -0.05) is 0 Å². The number of Topliss-reactive ketones (excluding diaryl/α,β-unsaturated/α-hetero) is 1. The predicted octanol–water partition coefficient (Wildman–Crippen LogP) is 5.48. The standard InChI is InChI=1S/C16H14BrNO4S.C11H9BrN2O3S/c1-7(19)22-12-6-13-9(4-10(12)17)15(16(18)21)14(23-13)5-11(20)8-2-3-8;1-4(15)17-7-3-8-5(2-6(7)12)9(10(13)16)11(14)18-8/h4,6,8H,2-3,5H2,1H3,(H2,18,21);2-3H,14H2,1H3,(H2,13,16). The van der Waals surface area contributed by atoms with Crippen LogP contribution in [0.1, 0.15) is 52.3 Å². The number of nitrogen functional groups attached to an aromatic ring is 1. The lowest BCUT2D eigenvalue weighted by atomic mass is 10.1. The maximum Gasteiger partial charge on any atom is 0.308 e. The minimum absolute atomic E-state index is 0.129. The van der Waals surface area contributed by atoms with E-state index >= 15 is 0 Å². The van der Waals surface area contributed by atoms with Crippen LogP contribution in [0, 0.1) is 5.92 Å². The molecule has 2 amide bonds. The van der Waals surface area contributed by atoms with E-state index in [-0.39, 0.29) is 18.1 Å². The smallest absolute Gasteiger partial charge is 0.308 e. The fourth-order valence-corrected chi connectivity index (χ4v) is 7.15. The van der Waals surface area contributed by atoms with Gasteiger partial charge in [0.2, 0.25) is 5.91 Å². The average Bonchev–Trinajstić information content (AvgIpc) is 3.58. The van der Waals surface area contributed by atoms with Crippen molar-refractivity contribution < 1.29 is 33.4 Å². The molecule has 41 heavy (non-hydrogen) atoms. The van der Waals surface area contributed by atoms with Crippen molar-refractivity contribution in [3.8, 4) is 11.5 Å². The van der Waals surface area contributed by atoms with Crippen molar-refractivity contribution in [3.05, 3.63) is 49.2 Å². The first-order valence-electron chi connectivity index (χ1n) is 12.0. The van der Waals surface area contributed by atoms with Crippen molar-refractivity contribution in [2.24, 2.45) is 17.4 Å². The largest absolute Gasteiger partial charge is 0.425 e. The molecule has 0 bridgehead atoms. The number of nitrogens with two attached hydrogens (primary N) is 3. The maximum atomic E-state index is 12.1. The van der Waals surface area contributed by atoms with Gasteiger partial charge in [0.15, 0.2) is 0 Å². The Kier molecular flexibility index (Phi) is 9.16. The first kappa shape index (κ1) is 30.6. The van der Waals surface area contributed by atoms with Crippen molar-refractivity contribution >= 4 is 109 Å². The summed E-state index contributed by atoms with van der Waals surface area (Å²) in [6.07, 6.45) is 2.08. The summed E-state index contributed by atoms with van der Waals surface area (Å²) in [7, 11) is 0. The van der Waals surface area contributed by atoms with Gasteiger partial charge in [0.25, 0.3) is 5.91 Å². The molecule has 0 spiro atoms. The Morgan fingerprint density at radius 2 is 1.27 bits per heavy atom. The molecule has 1 aliphatic carbocycles. The Morgan fingerprint density at radius 3 is 1.71 bits per heavy atom. The molecule has 1 aliphatic rings. The van der Waals surface area contributed by atoms with Crippen LogP contribution in [0.2, 0.25) is 0 Å². The second-order valence-electron chi connectivity index (χ2n) is 9.13. The summed E-state index contributed by atoms with van der Waals surface area (Å²) < 4.78 is 12.8. The van der Waals surface area contributed by atoms with Gasteiger partial charge in [0, 0.05) is 51.2 Å². The molecule has 10 nitrogen and oxygen atoms in total. The Labute approximate surface area is 258 Å². The Hall–Kier alpha value is -3.33. The summed E-state index contributed by atoms with van der Waals surface area (Å²) in [5, 5.41) is 1.67. The molecule has 0 unspecified atom stereocenters. The Balaban J connectivity index is 0.000000195. The van der Waals surface area contributed by atoms with Gasteiger partial charge in [-0.05, 0) is 69.0 Å². The summed E-state index contributed by atoms with van der Waals surface area (Å²) in [4.78, 5) is 58.0. The molecular formula is C27H23Br2N3O7S2. The van der Waals surface area contributed by atoms with Crippen LogP contribution in [-0.2, 0) is 20.8 Å². The molecule has 5 rings (SSSR count). The number of anilines is 1. The molecule has 214 valence electrons. The summed E-state index contributed by atoms with van der Waals surface area (Å²) in [5.41, 5.74) is 17.2. The number of benzene rings is 2. The Morgan fingerprint density at radius 1 is 0.805 bits per heavy atom. The van der Waals surface area contributed by atoms with E-state index in [1.54, 1.807) is 24.3 Å². The van der Waals surface area contributed by atoms with E-state index < -0.39 is 23.8 Å². The van der Waals surface area contributed by atoms with Crippen molar-refractivity contribution in [2.45, 2.75) is 33.1 Å². The zero-order chi connectivity index (χ0) is 30.2. The third-order valence-corrected chi connectivity index (χ3v) is 9.33. The third kappa shape index (κ3) is 6.94. The van der Waals surface area contributed by atoms with Crippen LogP contribution in [0.15, 0.2) is 33.2 Å². The second kappa shape index (κ2) is 12.3. The van der Waals surface area contributed by atoms with Gasteiger partial charge in [0.1, 0.15) is 17.3 Å².